The SMILES string of the molecule is CCOc1cc(F)c(C#Cc2cc(F)c(C#Cc3ccc4c(F)c(F)c(F)cc4c3)c(F)c2)c(F)c1. The fourth-order valence-corrected chi connectivity index (χ4v) is 3.34. The molecule has 0 radical (unpaired) electrons. The topological polar surface area (TPSA) is 9.23 Å². The van der Waals surface area contributed by atoms with Gasteiger partial charge in [-0.1, -0.05) is 29.7 Å². The van der Waals surface area contributed by atoms with Crippen LogP contribution in [0.4, 0.5) is 30.7 Å². The molecule has 0 fully saturated rings. The van der Waals surface area contributed by atoms with Gasteiger partial charge in [0.2, 0.25) is 0 Å². The van der Waals surface area contributed by atoms with Crippen molar-refractivity contribution < 1.29 is 35.5 Å². The highest BCUT2D eigenvalue weighted by Crippen LogP contribution is 2.24. The first-order chi connectivity index (χ1) is 17.2. The maximum Gasteiger partial charge on any atom is 0.195 e. The van der Waals surface area contributed by atoms with Crippen LogP contribution in [0, 0.1) is 64.4 Å². The van der Waals surface area contributed by atoms with Gasteiger partial charge >= 0.3 is 0 Å². The summed E-state index contributed by atoms with van der Waals surface area (Å²) in [5, 5.41) is -0.168. The molecule has 36 heavy (non-hydrogen) atoms. The van der Waals surface area contributed by atoms with Gasteiger partial charge in [-0.05, 0) is 42.6 Å². The van der Waals surface area contributed by atoms with E-state index in [1.54, 1.807) is 6.92 Å². The van der Waals surface area contributed by atoms with Gasteiger partial charge in [0.15, 0.2) is 17.5 Å². The summed E-state index contributed by atoms with van der Waals surface area (Å²) in [4.78, 5) is 0. The lowest BCUT2D eigenvalue weighted by Crippen LogP contribution is -1.97. The number of rotatable bonds is 2. The van der Waals surface area contributed by atoms with Crippen LogP contribution in [0.2, 0.25) is 0 Å². The summed E-state index contributed by atoms with van der Waals surface area (Å²) in [6, 6.07) is 8.06. The van der Waals surface area contributed by atoms with E-state index in [9.17, 15) is 30.7 Å². The van der Waals surface area contributed by atoms with E-state index in [1.807, 2.05) is 0 Å². The van der Waals surface area contributed by atoms with Gasteiger partial charge < -0.3 is 4.74 Å². The van der Waals surface area contributed by atoms with Crippen molar-refractivity contribution in [2.45, 2.75) is 6.92 Å². The van der Waals surface area contributed by atoms with E-state index in [2.05, 4.69) is 23.7 Å². The summed E-state index contributed by atoms with van der Waals surface area (Å²) in [5.74, 6) is 0.775. The van der Waals surface area contributed by atoms with Gasteiger partial charge in [-0.15, -0.1) is 0 Å². The molecular formula is C28H13F7O. The van der Waals surface area contributed by atoms with Crippen molar-refractivity contribution in [1.29, 1.82) is 0 Å². The lowest BCUT2D eigenvalue weighted by Gasteiger charge is -2.04. The molecule has 0 aliphatic carbocycles. The number of hydrogen-bond acceptors (Lipinski definition) is 1. The molecule has 0 aliphatic heterocycles. The fourth-order valence-electron chi connectivity index (χ4n) is 3.34. The van der Waals surface area contributed by atoms with Crippen LogP contribution in [-0.4, -0.2) is 6.61 Å². The average molecular weight is 498 g/mol. The lowest BCUT2D eigenvalue weighted by molar-refractivity contribution is 0.335. The number of hydrogen-bond donors (Lipinski definition) is 0. The molecule has 0 bridgehead atoms. The first kappa shape index (κ1) is 24.7. The van der Waals surface area contributed by atoms with Crippen molar-refractivity contribution in [3.63, 3.8) is 0 Å². The average Bonchev–Trinajstić information content (AvgIpc) is 2.81. The Hall–Kier alpha value is -4.43. The van der Waals surface area contributed by atoms with Crippen LogP contribution in [-0.2, 0) is 0 Å². The normalized spacial score (nSPS) is 10.4. The number of benzene rings is 4. The zero-order chi connectivity index (χ0) is 26.0. The Bertz CT molecular complexity index is 1590. The Labute approximate surface area is 201 Å². The molecule has 4 rings (SSSR count). The second-order valence-corrected chi connectivity index (χ2v) is 7.43. The van der Waals surface area contributed by atoms with E-state index in [-0.39, 0.29) is 34.3 Å². The fraction of sp³-hybridized carbons (Fsp3) is 0.0714. The minimum Gasteiger partial charge on any atom is -0.494 e. The van der Waals surface area contributed by atoms with E-state index in [0.29, 0.717) is 0 Å². The largest absolute Gasteiger partial charge is 0.494 e. The molecule has 0 spiro atoms. The van der Waals surface area contributed by atoms with Crippen LogP contribution in [0.25, 0.3) is 10.8 Å². The molecule has 8 heteroatoms. The molecular weight excluding hydrogens is 485 g/mol. The molecule has 180 valence electrons. The highest BCUT2D eigenvalue weighted by molar-refractivity contribution is 5.84. The molecule has 0 heterocycles. The van der Waals surface area contributed by atoms with Gasteiger partial charge in [0, 0.05) is 28.6 Å². The monoisotopic (exact) mass is 498 g/mol. The third kappa shape index (κ3) is 4.99. The summed E-state index contributed by atoms with van der Waals surface area (Å²) < 4.78 is 103. The van der Waals surface area contributed by atoms with Crippen LogP contribution in [0.5, 0.6) is 5.75 Å². The number of halogens is 7. The molecule has 0 aromatic heterocycles. The maximum absolute atomic E-state index is 14.5. The van der Waals surface area contributed by atoms with Crippen LogP contribution in [0.1, 0.15) is 29.2 Å². The van der Waals surface area contributed by atoms with Gasteiger partial charge in [-0.25, -0.2) is 30.7 Å². The van der Waals surface area contributed by atoms with Crippen molar-refractivity contribution in [1.82, 2.24) is 0 Å². The second-order valence-electron chi connectivity index (χ2n) is 7.43. The van der Waals surface area contributed by atoms with Crippen molar-refractivity contribution in [2.24, 2.45) is 0 Å². The number of fused-ring (bicyclic) bond motifs is 1. The van der Waals surface area contributed by atoms with Crippen molar-refractivity contribution in [3.05, 3.63) is 112 Å². The van der Waals surface area contributed by atoms with Crippen LogP contribution < -0.4 is 4.74 Å². The Morgan fingerprint density at radius 1 is 0.583 bits per heavy atom. The quantitative estimate of drug-likeness (QED) is 0.164. The van der Waals surface area contributed by atoms with E-state index in [4.69, 9.17) is 4.74 Å². The molecule has 0 amide bonds. The smallest absolute Gasteiger partial charge is 0.195 e. The van der Waals surface area contributed by atoms with Gasteiger partial charge in [-0.3, -0.25) is 0 Å². The minimum atomic E-state index is -1.61. The summed E-state index contributed by atoms with van der Waals surface area (Å²) in [7, 11) is 0. The molecule has 4 aromatic carbocycles. The summed E-state index contributed by atoms with van der Waals surface area (Å²) in [6.45, 7) is 1.85. The first-order valence-corrected chi connectivity index (χ1v) is 10.4. The van der Waals surface area contributed by atoms with E-state index in [0.717, 1.165) is 30.3 Å². The van der Waals surface area contributed by atoms with Crippen molar-refractivity contribution >= 4 is 10.8 Å². The molecule has 0 unspecified atom stereocenters. The van der Waals surface area contributed by atoms with Crippen LogP contribution in [0.3, 0.4) is 0 Å². The Kier molecular flexibility index (Phi) is 6.89. The lowest BCUT2D eigenvalue weighted by atomic mass is 10.1. The third-order valence-electron chi connectivity index (χ3n) is 5.01. The van der Waals surface area contributed by atoms with E-state index < -0.39 is 51.8 Å². The number of ether oxygens (including phenoxy) is 1. The Morgan fingerprint density at radius 3 is 1.72 bits per heavy atom. The predicted octanol–water partition coefficient (Wildman–Crippen LogP) is 7.01. The van der Waals surface area contributed by atoms with Crippen molar-refractivity contribution in [3.8, 4) is 29.4 Å². The van der Waals surface area contributed by atoms with Crippen LogP contribution >= 0.6 is 0 Å². The molecule has 1 nitrogen and oxygen atoms in total. The predicted molar refractivity (Wildman–Crippen MR) is 120 cm³/mol. The molecule has 0 saturated heterocycles. The highest BCUT2D eigenvalue weighted by Gasteiger charge is 2.14. The molecule has 0 aliphatic rings. The molecule has 0 saturated carbocycles. The van der Waals surface area contributed by atoms with Crippen LogP contribution in [0.15, 0.2) is 48.5 Å². The minimum absolute atomic E-state index is 0.0125. The first-order valence-electron chi connectivity index (χ1n) is 10.4. The highest BCUT2D eigenvalue weighted by atomic mass is 19.2. The molecule has 4 aromatic rings. The zero-order valence-corrected chi connectivity index (χ0v) is 18.4. The van der Waals surface area contributed by atoms with Gasteiger partial charge in [0.25, 0.3) is 0 Å². The second kappa shape index (κ2) is 10.1. The van der Waals surface area contributed by atoms with Gasteiger partial charge in [0.05, 0.1) is 17.7 Å². The van der Waals surface area contributed by atoms with E-state index in [1.165, 1.54) is 18.2 Å². The van der Waals surface area contributed by atoms with Gasteiger partial charge in [0.1, 0.15) is 29.0 Å². The van der Waals surface area contributed by atoms with Crippen molar-refractivity contribution in [2.75, 3.05) is 6.61 Å². The van der Waals surface area contributed by atoms with Gasteiger partial charge in [-0.2, -0.15) is 0 Å². The molecule has 0 atom stereocenters. The third-order valence-corrected chi connectivity index (χ3v) is 5.01. The summed E-state index contributed by atoms with van der Waals surface area (Å²) in [5.41, 5.74) is -1.23. The van der Waals surface area contributed by atoms with E-state index >= 15 is 0 Å². The Morgan fingerprint density at radius 2 is 1.14 bits per heavy atom. The summed E-state index contributed by atoms with van der Waals surface area (Å²) >= 11 is 0. The standard InChI is InChI=1S/C28H13F7O/c1-2-36-18-13-24(31)21(25(32)14-18)8-5-16-10-22(29)20(23(30)11-16)7-4-15-3-6-19-17(9-15)12-26(33)28(35)27(19)34/h3,6,9-14H,2H2,1H3. The maximum atomic E-state index is 14.5. The molecule has 0 N–H and O–H groups in total. The zero-order valence-electron chi connectivity index (χ0n) is 18.4. The Balaban J connectivity index is 1.64. The summed E-state index contributed by atoms with van der Waals surface area (Å²) in [6.07, 6.45) is 0.